The highest BCUT2D eigenvalue weighted by Crippen LogP contribution is 2.26. The number of rotatable bonds is 3. The number of halogens is 1. The highest BCUT2D eigenvalue weighted by Gasteiger charge is 2.28. The molecule has 1 aliphatic rings. The van der Waals surface area contributed by atoms with Crippen molar-refractivity contribution in [2.24, 2.45) is 0 Å². The van der Waals surface area contributed by atoms with E-state index in [2.05, 4.69) is 11.4 Å². The smallest absolute Gasteiger partial charge is 0.245 e. The Kier molecular flexibility index (Phi) is 3.84. The van der Waals surface area contributed by atoms with E-state index in [-0.39, 0.29) is 11.9 Å². The molecule has 1 heterocycles. The van der Waals surface area contributed by atoms with Gasteiger partial charge >= 0.3 is 0 Å². The van der Waals surface area contributed by atoms with Crippen LogP contribution in [0.4, 0.5) is 5.69 Å². The van der Waals surface area contributed by atoms with Crippen LogP contribution in [0.2, 0.25) is 5.02 Å². The molecule has 4 heteroatoms. The summed E-state index contributed by atoms with van der Waals surface area (Å²) in [7, 11) is 1.82. The number of likely N-dealkylation sites (N-methyl/N-ethyl adjacent to an activating group) is 1. The molecule has 0 aromatic heterocycles. The number of fused-ring (bicyclic) bond motifs is 1. The van der Waals surface area contributed by atoms with Gasteiger partial charge in [-0.3, -0.25) is 4.79 Å². The van der Waals surface area contributed by atoms with Gasteiger partial charge in [0.25, 0.3) is 0 Å². The van der Waals surface area contributed by atoms with Crippen molar-refractivity contribution in [2.45, 2.75) is 19.0 Å². The second kappa shape index (κ2) is 5.78. The molecule has 3 nitrogen and oxygen atoms in total. The molecule has 2 aromatic carbocycles. The summed E-state index contributed by atoms with van der Waals surface area (Å²) in [6, 6.07) is 15.5. The van der Waals surface area contributed by atoms with Crippen LogP contribution in [0.15, 0.2) is 48.5 Å². The van der Waals surface area contributed by atoms with Crippen LogP contribution >= 0.6 is 11.6 Å². The average molecular weight is 301 g/mol. The summed E-state index contributed by atoms with van der Waals surface area (Å²) in [5, 5.41) is 3.99. The molecule has 1 aliphatic heterocycles. The molecule has 1 N–H and O–H groups in total. The Morgan fingerprint density at radius 2 is 1.95 bits per heavy atom. The van der Waals surface area contributed by atoms with Gasteiger partial charge in [0, 0.05) is 30.7 Å². The summed E-state index contributed by atoms with van der Waals surface area (Å²) >= 11 is 6.15. The maximum absolute atomic E-state index is 12.5. The van der Waals surface area contributed by atoms with Gasteiger partial charge in [-0.2, -0.15) is 0 Å². The van der Waals surface area contributed by atoms with Crippen molar-refractivity contribution in [3.63, 3.8) is 0 Å². The maximum Gasteiger partial charge on any atom is 0.245 e. The van der Waals surface area contributed by atoms with Crippen molar-refractivity contribution >= 4 is 23.2 Å². The van der Waals surface area contributed by atoms with Gasteiger partial charge in [-0.25, -0.2) is 0 Å². The Balaban J connectivity index is 1.68. The van der Waals surface area contributed by atoms with Gasteiger partial charge < -0.3 is 10.2 Å². The first-order valence-electron chi connectivity index (χ1n) is 6.98. The Morgan fingerprint density at radius 3 is 2.71 bits per heavy atom. The normalized spacial score (nSPS) is 16.2. The van der Waals surface area contributed by atoms with Crippen LogP contribution in [0.3, 0.4) is 0 Å². The first kappa shape index (κ1) is 14.0. The van der Waals surface area contributed by atoms with Crippen molar-refractivity contribution in [3.8, 4) is 0 Å². The SMILES string of the molecule is CN(Cc1ccccc1Cl)C(=O)[C@@H]1Cc2ccccc2N1. The Labute approximate surface area is 129 Å². The van der Waals surface area contributed by atoms with E-state index in [4.69, 9.17) is 11.6 Å². The molecule has 1 amide bonds. The van der Waals surface area contributed by atoms with Crippen LogP contribution in [0, 0.1) is 0 Å². The third-order valence-electron chi connectivity index (χ3n) is 3.81. The predicted molar refractivity (Wildman–Crippen MR) is 85.5 cm³/mol. The fourth-order valence-corrected chi connectivity index (χ4v) is 2.87. The zero-order chi connectivity index (χ0) is 14.8. The third kappa shape index (κ3) is 2.88. The number of nitrogens with one attached hydrogen (secondary N) is 1. The van der Waals surface area contributed by atoms with Crippen LogP contribution in [0.25, 0.3) is 0 Å². The number of amides is 1. The lowest BCUT2D eigenvalue weighted by atomic mass is 10.1. The molecule has 2 aromatic rings. The molecule has 0 unspecified atom stereocenters. The maximum atomic E-state index is 12.5. The molecule has 21 heavy (non-hydrogen) atoms. The molecule has 0 saturated heterocycles. The van der Waals surface area contributed by atoms with Crippen LogP contribution in [-0.2, 0) is 17.8 Å². The zero-order valence-corrected chi connectivity index (χ0v) is 12.6. The molecule has 0 radical (unpaired) electrons. The van der Waals surface area contributed by atoms with Gasteiger partial charge in [0.2, 0.25) is 5.91 Å². The highest BCUT2D eigenvalue weighted by atomic mass is 35.5. The quantitative estimate of drug-likeness (QED) is 0.943. The fraction of sp³-hybridized carbons (Fsp3) is 0.235. The monoisotopic (exact) mass is 300 g/mol. The van der Waals surface area contributed by atoms with Gasteiger partial charge in [0.1, 0.15) is 6.04 Å². The van der Waals surface area contributed by atoms with Crippen molar-refractivity contribution in [3.05, 3.63) is 64.7 Å². The molecule has 0 spiro atoms. The highest BCUT2D eigenvalue weighted by molar-refractivity contribution is 6.31. The predicted octanol–water partition coefficient (Wildman–Crippen LogP) is 3.34. The van der Waals surface area contributed by atoms with Crippen LogP contribution < -0.4 is 5.32 Å². The number of para-hydroxylation sites is 1. The zero-order valence-electron chi connectivity index (χ0n) is 11.8. The number of carbonyl (C=O) groups excluding carboxylic acids is 1. The van der Waals surface area contributed by atoms with E-state index in [9.17, 15) is 4.79 Å². The number of hydrogen-bond donors (Lipinski definition) is 1. The Morgan fingerprint density at radius 1 is 1.24 bits per heavy atom. The van der Waals surface area contributed by atoms with Crippen molar-refractivity contribution in [2.75, 3.05) is 12.4 Å². The number of carbonyl (C=O) groups is 1. The lowest BCUT2D eigenvalue weighted by molar-refractivity contribution is -0.131. The fourth-order valence-electron chi connectivity index (χ4n) is 2.67. The van der Waals surface area contributed by atoms with Gasteiger partial charge in [-0.1, -0.05) is 48.0 Å². The number of anilines is 1. The summed E-state index contributed by atoms with van der Waals surface area (Å²) in [4.78, 5) is 14.3. The molecule has 3 rings (SSSR count). The van der Waals surface area contributed by atoms with Crippen molar-refractivity contribution < 1.29 is 4.79 Å². The van der Waals surface area contributed by atoms with E-state index < -0.39 is 0 Å². The summed E-state index contributed by atoms with van der Waals surface area (Å²) in [6.45, 7) is 0.521. The van der Waals surface area contributed by atoms with E-state index >= 15 is 0 Å². The molecule has 1 atom stereocenters. The largest absolute Gasteiger partial charge is 0.373 e. The van der Waals surface area contributed by atoms with Gasteiger partial charge in [-0.15, -0.1) is 0 Å². The lowest BCUT2D eigenvalue weighted by Gasteiger charge is -2.22. The third-order valence-corrected chi connectivity index (χ3v) is 4.18. The first-order chi connectivity index (χ1) is 10.1. The minimum atomic E-state index is -0.185. The first-order valence-corrected chi connectivity index (χ1v) is 7.36. The summed E-state index contributed by atoms with van der Waals surface area (Å²) < 4.78 is 0. The lowest BCUT2D eigenvalue weighted by Crippen LogP contribution is -2.39. The Hall–Kier alpha value is -2.00. The summed E-state index contributed by atoms with van der Waals surface area (Å²) in [6.07, 6.45) is 0.738. The van der Waals surface area contributed by atoms with Gasteiger partial charge in [-0.05, 0) is 23.3 Å². The van der Waals surface area contributed by atoms with Crippen LogP contribution in [-0.4, -0.2) is 23.9 Å². The van der Waals surface area contributed by atoms with E-state index in [1.807, 2.05) is 49.5 Å². The molecule has 0 fully saturated rings. The molecule has 108 valence electrons. The van der Waals surface area contributed by atoms with E-state index in [1.54, 1.807) is 4.90 Å². The van der Waals surface area contributed by atoms with E-state index in [0.717, 1.165) is 17.7 Å². The average Bonchev–Trinajstić information content (AvgIpc) is 2.92. The molecular weight excluding hydrogens is 284 g/mol. The molecule has 0 saturated carbocycles. The van der Waals surface area contributed by atoms with Gasteiger partial charge in [0.15, 0.2) is 0 Å². The summed E-state index contributed by atoms with van der Waals surface area (Å²) in [5.41, 5.74) is 3.22. The Bertz CT molecular complexity index is 646. The number of hydrogen-bond acceptors (Lipinski definition) is 2. The van der Waals surface area contributed by atoms with E-state index in [0.29, 0.717) is 11.6 Å². The molecule has 0 aliphatic carbocycles. The van der Waals surface area contributed by atoms with E-state index in [1.165, 1.54) is 5.56 Å². The second-order valence-corrected chi connectivity index (χ2v) is 5.75. The standard InChI is InChI=1S/C17H17ClN2O/c1-20(11-13-7-2-4-8-14(13)18)17(21)16-10-12-6-3-5-9-15(12)19-16/h2-9,16,19H,10-11H2,1H3/t16-/m0/s1. The van der Waals surface area contributed by atoms with Gasteiger partial charge in [0.05, 0.1) is 0 Å². The second-order valence-electron chi connectivity index (χ2n) is 5.34. The van der Waals surface area contributed by atoms with Crippen molar-refractivity contribution in [1.29, 1.82) is 0 Å². The topological polar surface area (TPSA) is 32.3 Å². The molecular formula is C17H17ClN2O. The van der Waals surface area contributed by atoms with Crippen LogP contribution in [0.1, 0.15) is 11.1 Å². The van der Waals surface area contributed by atoms with Crippen molar-refractivity contribution in [1.82, 2.24) is 4.90 Å². The van der Waals surface area contributed by atoms with Crippen LogP contribution in [0.5, 0.6) is 0 Å². The summed E-state index contributed by atoms with van der Waals surface area (Å²) in [5.74, 6) is 0.0890. The minimum absolute atomic E-state index is 0.0890. The number of benzene rings is 2. The minimum Gasteiger partial charge on any atom is -0.373 e. The number of nitrogens with zero attached hydrogens (tertiary/aromatic N) is 1. The molecule has 0 bridgehead atoms.